The van der Waals surface area contributed by atoms with Gasteiger partial charge in [-0.25, -0.2) is 4.79 Å². The van der Waals surface area contributed by atoms with E-state index in [4.69, 9.17) is 4.74 Å². The molecule has 0 saturated carbocycles. The molecule has 2 heterocycles. The summed E-state index contributed by atoms with van der Waals surface area (Å²) in [5.41, 5.74) is 5.11. The largest absolute Gasteiger partial charge is 0.383 e. The average molecular weight is 436 g/mol. The van der Waals surface area contributed by atoms with Gasteiger partial charge in [-0.3, -0.25) is 4.90 Å². The minimum absolute atomic E-state index is 0.0607. The van der Waals surface area contributed by atoms with Gasteiger partial charge in [0, 0.05) is 44.2 Å². The number of carbonyl (C=O) groups excluding carboxylic acids is 1. The summed E-state index contributed by atoms with van der Waals surface area (Å²) in [7, 11) is 1.79. The third-order valence-electron chi connectivity index (χ3n) is 6.87. The fraction of sp³-hybridized carbons (Fsp3) is 0.519. The van der Waals surface area contributed by atoms with Crippen molar-refractivity contribution in [3.63, 3.8) is 0 Å². The first kappa shape index (κ1) is 22.8. The van der Waals surface area contributed by atoms with Crippen molar-refractivity contribution in [2.24, 2.45) is 0 Å². The fourth-order valence-corrected chi connectivity index (χ4v) is 5.34. The van der Waals surface area contributed by atoms with Crippen LogP contribution in [-0.4, -0.2) is 67.3 Å². The maximum Gasteiger partial charge on any atom is 0.317 e. The van der Waals surface area contributed by atoms with Gasteiger partial charge < -0.3 is 15.0 Å². The lowest BCUT2D eigenvalue weighted by Crippen LogP contribution is -2.68. The molecule has 3 atom stereocenters. The SMILES string of the molecule is COC[C@@H]1C(c2ccc(-c3cccc(C)c3)cc2)[C@@H]2CN(C(=O)NC(C)C)CCCCN12. The molecule has 2 aromatic carbocycles. The van der Waals surface area contributed by atoms with E-state index in [9.17, 15) is 4.79 Å². The molecular weight excluding hydrogens is 398 g/mol. The van der Waals surface area contributed by atoms with Crippen LogP contribution in [0.5, 0.6) is 0 Å². The molecule has 0 aliphatic carbocycles. The van der Waals surface area contributed by atoms with Crippen LogP contribution in [-0.2, 0) is 4.74 Å². The highest BCUT2D eigenvalue weighted by molar-refractivity contribution is 5.74. The molecule has 2 aliphatic rings. The number of methoxy groups -OCH3 is 1. The molecular formula is C27H37N3O2. The van der Waals surface area contributed by atoms with Crippen molar-refractivity contribution in [3.8, 4) is 11.1 Å². The second kappa shape index (κ2) is 10.1. The highest BCUT2D eigenvalue weighted by Gasteiger charge is 2.49. The summed E-state index contributed by atoms with van der Waals surface area (Å²) in [6.45, 7) is 9.57. The topological polar surface area (TPSA) is 44.8 Å². The van der Waals surface area contributed by atoms with Crippen LogP contribution in [0.1, 0.15) is 43.7 Å². The Hall–Kier alpha value is -2.37. The number of fused-ring (bicyclic) bond motifs is 1. The molecule has 2 amide bonds. The molecule has 0 radical (unpaired) electrons. The van der Waals surface area contributed by atoms with Crippen LogP contribution in [0, 0.1) is 6.92 Å². The third-order valence-corrected chi connectivity index (χ3v) is 6.87. The van der Waals surface area contributed by atoms with Gasteiger partial charge >= 0.3 is 6.03 Å². The summed E-state index contributed by atoms with van der Waals surface area (Å²) >= 11 is 0. The summed E-state index contributed by atoms with van der Waals surface area (Å²) in [5, 5.41) is 3.09. The molecule has 2 aliphatic heterocycles. The number of nitrogens with zero attached hydrogens (tertiary/aromatic N) is 2. The van der Waals surface area contributed by atoms with Crippen LogP contribution in [0.3, 0.4) is 0 Å². The Labute approximate surface area is 192 Å². The van der Waals surface area contributed by atoms with Gasteiger partial charge in [0.15, 0.2) is 0 Å². The van der Waals surface area contributed by atoms with Gasteiger partial charge in [-0.1, -0.05) is 54.1 Å². The molecule has 172 valence electrons. The summed E-state index contributed by atoms with van der Waals surface area (Å²) in [6.07, 6.45) is 2.16. The summed E-state index contributed by atoms with van der Waals surface area (Å²) in [6, 6.07) is 18.6. The van der Waals surface area contributed by atoms with Crippen LogP contribution in [0.4, 0.5) is 4.79 Å². The van der Waals surface area contributed by atoms with E-state index < -0.39 is 0 Å². The molecule has 2 fully saturated rings. The van der Waals surface area contributed by atoms with Crippen LogP contribution in [0.2, 0.25) is 0 Å². The predicted octanol–water partition coefficient (Wildman–Crippen LogP) is 4.66. The van der Waals surface area contributed by atoms with Crippen LogP contribution in [0.25, 0.3) is 11.1 Å². The monoisotopic (exact) mass is 435 g/mol. The van der Waals surface area contributed by atoms with E-state index in [0.29, 0.717) is 18.0 Å². The molecule has 4 rings (SSSR count). The molecule has 0 bridgehead atoms. The van der Waals surface area contributed by atoms with Crippen LogP contribution < -0.4 is 5.32 Å². The minimum Gasteiger partial charge on any atom is -0.383 e. The maximum absolute atomic E-state index is 12.8. The number of aryl methyl sites for hydroxylation is 1. The molecule has 5 nitrogen and oxygen atoms in total. The Kier molecular flexibility index (Phi) is 7.17. The Morgan fingerprint density at radius 3 is 2.53 bits per heavy atom. The first-order valence-corrected chi connectivity index (χ1v) is 11.9. The maximum atomic E-state index is 12.8. The highest BCUT2D eigenvalue weighted by Crippen LogP contribution is 2.42. The van der Waals surface area contributed by atoms with E-state index in [1.54, 1.807) is 7.11 Å². The smallest absolute Gasteiger partial charge is 0.317 e. The molecule has 0 aromatic heterocycles. The Balaban J connectivity index is 1.57. The number of nitrogens with one attached hydrogen (secondary N) is 1. The van der Waals surface area contributed by atoms with Crippen LogP contribution >= 0.6 is 0 Å². The lowest BCUT2D eigenvalue weighted by molar-refractivity contribution is -0.0668. The highest BCUT2D eigenvalue weighted by atomic mass is 16.5. The normalized spacial score (nSPS) is 23.8. The number of benzene rings is 2. The Morgan fingerprint density at radius 2 is 1.84 bits per heavy atom. The van der Waals surface area contributed by atoms with E-state index in [-0.39, 0.29) is 12.1 Å². The molecule has 5 heteroatoms. The minimum atomic E-state index is 0.0607. The van der Waals surface area contributed by atoms with Crippen molar-refractivity contribution >= 4 is 6.03 Å². The van der Waals surface area contributed by atoms with Gasteiger partial charge in [0.2, 0.25) is 0 Å². The van der Waals surface area contributed by atoms with Gasteiger partial charge in [0.05, 0.1) is 6.61 Å². The zero-order chi connectivity index (χ0) is 22.7. The van der Waals surface area contributed by atoms with Crippen LogP contribution in [0.15, 0.2) is 48.5 Å². The second-order valence-corrected chi connectivity index (χ2v) is 9.60. The first-order chi connectivity index (χ1) is 15.5. The molecule has 1 N–H and O–H groups in total. The van der Waals surface area contributed by atoms with E-state index in [1.165, 1.54) is 22.3 Å². The summed E-state index contributed by atoms with van der Waals surface area (Å²) in [5.74, 6) is 0.369. The fourth-order valence-electron chi connectivity index (χ4n) is 5.34. The second-order valence-electron chi connectivity index (χ2n) is 9.60. The van der Waals surface area contributed by atoms with E-state index >= 15 is 0 Å². The number of ether oxygens (including phenoxy) is 1. The molecule has 1 unspecified atom stereocenters. The Morgan fingerprint density at radius 1 is 1.09 bits per heavy atom. The number of hydrogen-bond acceptors (Lipinski definition) is 3. The third kappa shape index (κ3) is 4.84. The summed E-state index contributed by atoms with van der Waals surface area (Å²) < 4.78 is 5.62. The Bertz CT molecular complexity index is 911. The van der Waals surface area contributed by atoms with Crippen molar-refractivity contribution < 1.29 is 9.53 Å². The predicted molar refractivity (Wildman–Crippen MR) is 130 cm³/mol. The standard InChI is InChI=1S/C27H37N3O2/c1-19(2)28-27(31)29-14-5-6-15-30-24(17-29)26(25(30)18-32-4)22-12-10-21(11-13-22)23-9-7-8-20(3)16-23/h7-13,16,19,24-26H,5-6,14-15,17-18H2,1-4H3,(H,28,31)/t24-,25+,26?/m0/s1. The number of carbonyl (C=O) groups is 1. The number of amides is 2. The number of hydrogen-bond donors (Lipinski definition) is 1. The van der Waals surface area contributed by atoms with Gasteiger partial charge in [0.25, 0.3) is 0 Å². The lowest BCUT2D eigenvalue weighted by Gasteiger charge is -2.57. The quantitative estimate of drug-likeness (QED) is 0.743. The van der Waals surface area contributed by atoms with Crippen molar-refractivity contribution in [2.75, 3.05) is 33.4 Å². The number of rotatable bonds is 5. The van der Waals surface area contributed by atoms with Gasteiger partial charge in [-0.2, -0.15) is 0 Å². The zero-order valence-corrected chi connectivity index (χ0v) is 19.9. The van der Waals surface area contributed by atoms with Crippen molar-refractivity contribution in [3.05, 3.63) is 59.7 Å². The first-order valence-electron chi connectivity index (χ1n) is 11.9. The molecule has 2 saturated heterocycles. The average Bonchev–Trinajstić information content (AvgIpc) is 2.75. The van der Waals surface area contributed by atoms with E-state index in [1.807, 2.05) is 18.7 Å². The van der Waals surface area contributed by atoms with Gasteiger partial charge in [0.1, 0.15) is 0 Å². The number of urea groups is 1. The van der Waals surface area contributed by atoms with Crippen molar-refractivity contribution in [1.29, 1.82) is 0 Å². The van der Waals surface area contributed by atoms with Crippen molar-refractivity contribution in [1.82, 2.24) is 15.1 Å². The van der Waals surface area contributed by atoms with E-state index in [0.717, 1.165) is 39.1 Å². The molecule has 2 aromatic rings. The molecule has 0 spiro atoms. The van der Waals surface area contributed by atoms with Gasteiger partial charge in [-0.15, -0.1) is 0 Å². The van der Waals surface area contributed by atoms with E-state index in [2.05, 4.69) is 65.7 Å². The summed E-state index contributed by atoms with van der Waals surface area (Å²) in [4.78, 5) is 17.4. The van der Waals surface area contributed by atoms with Crippen molar-refractivity contribution in [2.45, 2.75) is 57.7 Å². The van der Waals surface area contributed by atoms with Gasteiger partial charge in [-0.05, 0) is 56.8 Å². The lowest BCUT2D eigenvalue weighted by atomic mass is 9.74. The zero-order valence-electron chi connectivity index (χ0n) is 19.9. The molecule has 32 heavy (non-hydrogen) atoms.